The monoisotopic (exact) mass is 289 g/mol. The quantitative estimate of drug-likeness (QED) is 0.790. The topological polar surface area (TPSA) is 65.5 Å². The summed E-state index contributed by atoms with van der Waals surface area (Å²) in [6.45, 7) is 0.149. The van der Waals surface area contributed by atoms with Crippen LogP contribution in [0.25, 0.3) is 0 Å². The van der Waals surface area contributed by atoms with Crippen molar-refractivity contribution in [1.29, 1.82) is 0 Å². The van der Waals surface area contributed by atoms with Gasteiger partial charge in [0.2, 0.25) is 0 Å². The molecule has 96 valence electrons. The van der Waals surface area contributed by atoms with Crippen LogP contribution >= 0.6 is 11.3 Å². The van der Waals surface area contributed by atoms with Gasteiger partial charge < -0.3 is 8.92 Å². The van der Waals surface area contributed by atoms with Crippen molar-refractivity contribution in [3.8, 4) is 11.5 Å². The zero-order valence-corrected chi connectivity index (χ0v) is 10.6. The number of nitrogens with zero attached hydrogens (tertiary/aromatic N) is 1. The van der Waals surface area contributed by atoms with Crippen LogP contribution in [0, 0.1) is 0 Å². The molecule has 0 unspecified atom stereocenters. The van der Waals surface area contributed by atoms with Gasteiger partial charge in [-0.25, -0.2) is 4.98 Å². The highest BCUT2D eigenvalue weighted by Crippen LogP contribution is 2.28. The molecule has 0 saturated carbocycles. The third-order valence-corrected chi connectivity index (χ3v) is 2.91. The van der Waals surface area contributed by atoms with Crippen LogP contribution < -0.4 is 8.92 Å². The zero-order chi connectivity index (χ0) is 13.0. The van der Waals surface area contributed by atoms with Crippen LogP contribution in [0.4, 0.5) is 3.89 Å². The number of hydrogen-bond donors (Lipinski definition) is 0. The molecule has 1 aromatic carbocycles. The predicted octanol–water partition coefficient (Wildman–Crippen LogP) is 2.32. The van der Waals surface area contributed by atoms with E-state index in [9.17, 15) is 12.3 Å². The van der Waals surface area contributed by atoms with Crippen molar-refractivity contribution in [3.05, 3.63) is 40.8 Å². The molecule has 1 heterocycles. The standard InChI is InChI=1S/C10H8FNO4S2/c11-18(13,14)16-10-4-2-1-3-9(10)15-5-8-6-17-7-12-8/h1-4,6-7H,5H2. The van der Waals surface area contributed by atoms with Crippen LogP contribution in [0.3, 0.4) is 0 Å². The maximum Gasteiger partial charge on any atom is 0.488 e. The van der Waals surface area contributed by atoms with E-state index in [0.717, 1.165) is 0 Å². The minimum atomic E-state index is -5.07. The first-order valence-electron chi connectivity index (χ1n) is 4.77. The van der Waals surface area contributed by atoms with Crippen LogP contribution in [0.1, 0.15) is 5.69 Å². The molecular weight excluding hydrogens is 281 g/mol. The lowest BCUT2D eigenvalue weighted by Crippen LogP contribution is -2.04. The summed E-state index contributed by atoms with van der Waals surface area (Å²) >= 11 is 1.41. The van der Waals surface area contributed by atoms with Crippen LogP contribution in [-0.2, 0) is 17.1 Å². The highest BCUT2D eigenvalue weighted by atomic mass is 32.3. The van der Waals surface area contributed by atoms with Gasteiger partial charge in [0, 0.05) is 5.38 Å². The number of rotatable bonds is 5. The summed E-state index contributed by atoms with van der Waals surface area (Å²) < 4.78 is 42.8. The minimum absolute atomic E-state index is 0.131. The second-order valence-corrected chi connectivity index (χ2v) is 4.86. The van der Waals surface area contributed by atoms with Crippen LogP contribution in [-0.4, -0.2) is 13.4 Å². The van der Waals surface area contributed by atoms with E-state index in [-0.39, 0.29) is 18.1 Å². The fourth-order valence-corrected chi connectivity index (χ4v) is 2.10. The maximum atomic E-state index is 12.5. The molecule has 0 saturated heterocycles. The van der Waals surface area contributed by atoms with Crippen molar-refractivity contribution in [2.75, 3.05) is 0 Å². The van der Waals surface area contributed by atoms with E-state index >= 15 is 0 Å². The van der Waals surface area contributed by atoms with E-state index in [4.69, 9.17) is 4.74 Å². The second kappa shape index (κ2) is 5.32. The lowest BCUT2D eigenvalue weighted by atomic mass is 10.3. The Kier molecular flexibility index (Phi) is 3.78. The zero-order valence-electron chi connectivity index (χ0n) is 8.95. The third kappa shape index (κ3) is 3.67. The summed E-state index contributed by atoms with van der Waals surface area (Å²) in [5, 5.41) is 1.79. The summed E-state index contributed by atoms with van der Waals surface area (Å²) in [4.78, 5) is 4.00. The maximum absolute atomic E-state index is 12.5. The third-order valence-electron chi connectivity index (χ3n) is 1.90. The van der Waals surface area contributed by atoms with Gasteiger partial charge in [-0.15, -0.1) is 11.3 Å². The molecule has 2 rings (SSSR count). The lowest BCUT2D eigenvalue weighted by molar-refractivity contribution is 0.291. The van der Waals surface area contributed by atoms with Gasteiger partial charge in [-0.05, 0) is 12.1 Å². The number of benzene rings is 1. The molecule has 0 amide bonds. The first-order chi connectivity index (χ1) is 8.54. The van der Waals surface area contributed by atoms with E-state index in [0.29, 0.717) is 5.69 Å². The van der Waals surface area contributed by atoms with Crippen molar-refractivity contribution in [3.63, 3.8) is 0 Å². The summed E-state index contributed by atoms with van der Waals surface area (Å²) in [5.74, 6) is -0.0676. The average molecular weight is 289 g/mol. The Morgan fingerprint density at radius 3 is 2.61 bits per heavy atom. The molecule has 0 aliphatic carbocycles. The second-order valence-electron chi connectivity index (χ2n) is 3.19. The van der Waals surface area contributed by atoms with Crippen molar-refractivity contribution in [1.82, 2.24) is 4.98 Å². The summed E-state index contributed by atoms with van der Waals surface area (Å²) in [5.41, 5.74) is 2.34. The van der Waals surface area contributed by atoms with E-state index in [1.54, 1.807) is 17.0 Å². The van der Waals surface area contributed by atoms with E-state index in [2.05, 4.69) is 9.17 Å². The Hall–Kier alpha value is -1.67. The van der Waals surface area contributed by atoms with E-state index < -0.39 is 10.5 Å². The van der Waals surface area contributed by atoms with Crippen molar-refractivity contribution >= 4 is 21.8 Å². The van der Waals surface area contributed by atoms with Crippen LogP contribution in [0.5, 0.6) is 11.5 Å². The van der Waals surface area contributed by atoms with E-state index in [1.165, 1.54) is 29.5 Å². The molecule has 0 aliphatic heterocycles. The molecule has 0 aliphatic rings. The molecule has 18 heavy (non-hydrogen) atoms. The SMILES string of the molecule is O=S(=O)(F)Oc1ccccc1OCc1cscn1. The highest BCUT2D eigenvalue weighted by Gasteiger charge is 2.14. The van der Waals surface area contributed by atoms with Crippen molar-refractivity contribution in [2.24, 2.45) is 0 Å². The summed E-state index contributed by atoms with van der Waals surface area (Å²) in [7, 11) is -5.07. The van der Waals surface area contributed by atoms with Gasteiger partial charge in [-0.3, -0.25) is 0 Å². The Morgan fingerprint density at radius 2 is 2.00 bits per heavy atom. The fourth-order valence-electron chi connectivity index (χ4n) is 1.21. The number of halogens is 1. The van der Waals surface area contributed by atoms with Crippen molar-refractivity contribution in [2.45, 2.75) is 6.61 Å². The number of para-hydroxylation sites is 2. The van der Waals surface area contributed by atoms with Crippen LogP contribution in [0.2, 0.25) is 0 Å². The van der Waals surface area contributed by atoms with E-state index in [1.807, 2.05) is 0 Å². The molecule has 1 aromatic heterocycles. The Bertz CT molecular complexity index is 613. The molecule has 2 aromatic rings. The van der Waals surface area contributed by atoms with Gasteiger partial charge in [0.05, 0.1) is 11.2 Å². The molecule has 8 heteroatoms. The molecule has 0 radical (unpaired) electrons. The summed E-state index contributed by atoms with van der Waals surface area (Å²) in [6, 6.07) is 5.91. The van der Waals surface area contributed by atoms with Crippen molar-refractivity contribution < 1.29 is 21.2 Å². The highest BCUT2D eigenvalue weighted by molar-refractivity contribution is 7.81. The summed E-state index contributed by atoms with van der Waals surface area (Å²) in [6.07, 6.45) is 0. The number of aromatic nitrogens is 1. The molecule has 0 spiro atoms. The van der Waals surface area contributed by atoms with Gasteiger partial charge in [-0.2, -0.15) is 8.42 Å². The first-order valence-corrected chi connectivity index (χ1v) is 7.03. The predicted molar refractivity (Wildman–Crippen MR) is 63.5 cm³/mol. The van der Waals surface area contributed by atoms with Gasteiger partial charge in [0.1, 0.15) is 6.61 Å². The molecule has 0 bridgehead atoms. The molecular formula is C10H8FNO4S2. The molecule has 5 nitrogen and oxygen atoms in total. The normalized spacial score (nSPS) is 11.2. The largest absolute Gasteiger partial charge is 0.488 e. The van der Waals surface area contributed by atoms with Gasteiger partial charge in [0.25, 0.3) is 0 Å². The van der Waals surface area contributed by atoms with Gasteiger partial charge in [-0.1, -0.05) is 16.0 Å². The average Bonchev–Trinajstić information content (AvgIpc) is 2.79. The van der Waals surface area contributed by atoms with Gasteiger partial charge >= 0.3 is 10.5 Å². The molecule has 0 atom stereocenters. The molecule has 0 N–H and O–H groups in total. The number of ether oxygens (including phenoxy) is 1. The smallest absolute Gasteiger partial charge is 0.483 e. The minimum Gasteiger partial charge on any atom is -0.483 e. The molecule has 0 fully saturated rings. The fraction of sp³-hybridized carbons (Fsp3) is 0.100. The van der Waals surface area contributed by atoms with Crippen LogP contribution in [0.15, 0.2) is 35.2 Å². The Morgan fingerprint density at radius 1 is 1.28 bits per heavy atom. The first kappa shape index (κ1) is 12.8. The number of thiazole rings is 1. The Labute approximate surface area is 107 Å². The lowest BCUT2D eigenvalue weighted by Gasteiger charge is -2.08. The Balaban J connectivity index is 2.12. The number of hydrogen-bond acceptors (Lipinski definition) is 6. The van der Waals surface area contributed by atoms with Gasteiger partial charge in [0.15, 0.2) is 11.5 Å².